The minimum Gasteiger partial charge on any atom is -0.494 e. The van der Waals surface area contributed by atoms with Gasteiger partial charge in [-0.3, -0.25) is 0 Å². The second-order valence-corrected chi connectivity index (χ2v) is 4.19. The highest BCUT2D eigenvalue weighted by atomic mass is 35.5. The normalized spacial score (nSPS) is 10.9. The molecule has 2 aromatic heterocycles. The predicted octanol–water partition coefficient (Wildman–Crippen LogP) is 2.59. The summed E-state index contributed by atoms with van der Waals surface area (Å²) in [5.41, 5.74) is 1.08. The fourth-order valence-corrected chi connectivity index (χ4v) is 1.89. The van der Waals surface area contributed by atoms with Gasteiger partial charge in [0.05, 0.1) is 7.11 Å². The van der Waals surface area contributed by atoms with E-state index in [1.165, 1.54) is 23.8 Å². The molecule has 0 bridgehead atoms. The summed E-state index contributed by atoms with van der Waals surface area (Å²) in [6.45, 7) is 0. The third-order valence-electron chi connectivity index (χ3n) is 2.64. The molecule has 0 aliphatic carbocycles. The van der Waals surface area contributed by atoms with E-state index in [4.69, 9.17) is 16.3 Å². The molecule has 96 valence electrons. The van der Waals surface area contributed by atoms with Crippen LogP contribution in [0.4, 0.5) is 4.39 Å². The van der Waals surface area contributed by atoms with Crippen molar-refractivity contribution in [2.24, 2.45) is 0 Å². The van der Waals surface area contributed by atoms with Crippen molar-refractivity contribution in [2.75, 3.05) is 7.11 Å². The van der Waals surface area contributed by atoms with Crippen LogP contribution in [0, 0.1) is 5.82 Å². The average Bonchev–Trinajstić information content (AvgIpc) is 2.81. The summed E-state index contributed by atoms with van der Waals surface area (Å²) in [5, 5.41) is 12.3. The zero-order valence-electron chi connectivity index (χ0n) is 9.84. The van der Waals surface area contributed by atoms with Gasteiger partial charge in [0, 0.05) is 5.56 Å². The van der Waals surface area contributed by atoms with Gasteiger partial charge in [0.1, 0.15) is 5.15 Å². The Morgan fingerprint density at radius 1 is 1.21 bits per heavy atom. The Bertz CT molecular complexity index is 759. The Morgan fingerprint density at radius 2 is 2.05 bits per heavy atom. The molecular weight excluding hydrogens is 271 g/mol. The van der Waals surface area contributed by atoms with E-state index in [2.05, 4.69) is 15.3 Å². The number of ether oxygens (including phenoxy) is 1. The van der Waals surface area contributed by atoms with Crippen molar-refractivity contribution in [1.82, 2.24) is 19.8 Å². The quantitative estimate of drug-likeness (QED) is 0.723. The van der Waals surface area contributed by atoms with Gasteiger partial charge in [-0.05, 0) is 30.3 Å². The number of hydrogen-bond acceptors (Lipinski definition) is 4. The highest BCUT2D eigenvalue weighted by Gasteiger charge is 2.12. The van der Waals surface area contributed by atoms with E-state index in [0.29, 0.717) is 22.2 Å². The van der Waals surface area contributed by atoms with Crippen LogP contribution in [0.5, 0.6) is 5.75 Å². The molecule has 3 rings (SSSR count). The molecule has 0 N–H and O–H groups in total. The maximum absolute atomic E-state index is 13.7. The SMILES string of the molecule is COc1ccc(-c2nnc3ccc(Cl)nn23)cc1F. The number of halogens is 2. The van der Waals surface area contributed by atoms with Gasteiger partial charge in [-0.2, -0.15) is 9.61 Å². The molecule has 0 spiro atoms. The van der Waals surface area contributed by atoms with Crippen LogP contribution in [0.1, 0.15) is 0 Å². The molecular formula is C12H8ClFN4O. The van der Waals surface area contributed by atoms with Crippen molar-refractivity contribution in [2.45, 2.75) is 0 Å². The zero-order chi connectivity index (χ0) is 13.4. The van der Waals surface area contributed by atoms with Crippen molar-refractivity contribution in [3.8, 4) is 17.1 Å². The second-order valence-electron chi connectivity index (χ2n) is 3.80. The Balaban J connectivity index is 2.18. The molecule has 1 aromatic carbocycles. The predicted molar refractivity (Wildman–Crippen MR) is 67.7 cm³/mol. The Kier molecular flexibility index (Phi) is 2.79. The molecule has 2 heterocycles. The van der Waals surface area contributed by atoms with Crippen molar-refractivity contribution in [3.05, 3.63) is 41.3 Å². The first kappa shape index (κ1) is 11.9. The van der Waals surface area contributed by atoms with Gasteiger partial charge in [0.25, 0.3) is 0 Å². The molecule has 0 radical (unpaired) electrons. The van der Waals surface area contributed by atoms with Crippen molar-refractivity contribution >= 4 is 17.2 Å². The van der Waals surface area contributed by atoms with Crippen LogP contribution in [-0.2, 0) is 0 Å². The number of rotatable bonds is 2. The molecule has 0 atom stereocenters. The molecule has 7 heteroatoms. The van der Waals surface area contributed by atoms with Gasteiger partial charge in [0.2, 0.25) is 0 Å². The van der Waals surface area contributed by atoms with Crippen LogP contribution in [0.3, 0.4) is 0 Å². The Morgan fingerprint density at radius 3 is 2.79 bits per heavy atom. The number of fused-ring (bicyclic) bond motifs is 1. The summed E-state index contributed by atoms with van der Waals surface area (Å²) in [4.78, 5) is 0. The number of benzene rings is 1. The zero-order valence-corrected chi connectivity index (χ0v) is 10.6. The van der Waals surface area contributed by atoms with E-state index in [0.717, 1.165) is 0 Å². The minimum atomic E-state index is -0.473. The summed E-state index contributed by atoms with van der Waals surface area (Å²) in [6.07, 6.45) is 0. The molecule has 0 saturated heterocycles. The van der Waals surface area contributed by atoms with Crippen molar-refractivity contribution in [3.63, 3.8) is 0 Å². The fourth-order valence-electron chi connectivity index (χ4n) is 1.75. The van der Waals surface area contributed by atoms with Crippen LogP contribution in [0.2, 0.25) is 5.15 Å². The number of hydrogen-bond donors (Lipinski definition) is 0. The van der Waals surface area contributed by atoms with Crippen LogP contribution >= 0.6 is 11.6 Å². The highest BCUT2D eigenvalue weighted by Crippen LogP contribution is 2.24. The first-order valence-electron chi connectivity index (χ1n) is 5.41. The summed E-state index contributed by atoms with van der Waals surface area (Å²) in [7, 11) is 1.41. The second kappa shape index (κ2) is 4.47. The molecule has 0 unspecified atom stereocenters. The molecule has 3 aromatic rings. The lowest BCUT2D eigenvalue weighted by Gasteiger charge is -2.03. The van der Waals surface area contributed by atoms with Gasteiger partial charge in [-0.1, -0.05) is 11.6 Å². The van der Waals surface area contributed by atoms with E-state index in [-0.39, 0.29) is 5.75 Å². The van der Waals surface area contributed by atoms with Gasteiger partial charge < -0.3 is 4.74 Å². The van der Waals surface area contributed by atoms with Crippen LogP contribution in [0.15, 0.2) is 30.3 Å². The van der Waals surface area contributed by atoms with Crippen LogP contribution < -0.4 is 4.74 Å². The molecule has 0 aliphatic rings. The van der Waals surface area contributed by atoms with E-state index in [9.17, 15) is 4.39 Å². The smallest absolute Gasteiger partial charge is 0.185 e. The number of aromatic nitrogens is 4. The summed E-state index contributed by atoms with van der Waals surface area (Å²) < 4.78 is 20.0. The van der Waals surface area contributed by atoms with Gasteiger partial charge in [-0.15, -0.1) is 10.2 Å². The minimum absolute atomic E-state index is 0.170. The number of methoxy groups -OCH3 is 1. The third kappa shape index (κ3) is 2.00. The summed E-state index contributed by atoms with van der Waals surface area (Å²) >= 11 is 5.83. The third-order valence-corrected chi connectivity index (χ3v) is 2.84. The van der Waals surface area contributed by atoms with Crippen LogP contribution in [-0.4, -0.2) is 26.9 Å². The van der Waals surface area contributed by atoms with E-state index in [1.807, 2.05) is 0 Å². The van der Waals surface area contributed by atoms with E-state index < -0.39 is 5.82 Å². The monoisotopic (exact) mass is 278 g/mol. The number of nitrogens with zero attached hydrogens (tertiary/aromatic N) is 4. The Labute approximate surface area is 112 Å². The van der Waals surface area contributed by atoms with Crippen molar-refractivity contribution in [1.29, 1.82) is 0 Å². The van der Waals surface area contributed by atoms with E-state index in [1.54, 1.807) is 18.2 Å². The van der Waals surface area contributed by atoms with E-state index >= 15 is 0 Å². The first-order valence-corrected chi connectivity index (χ1v) is 5.79. The summed E-state index contributed by atoms with van der Waals surface area (Å²) in [6, 6.07) is 7.82. The lowest BCUT2D eigenvalue weighted by atomic mass is 10.2. The molecule has 5 nitrogen and oxygen atoms in total. The molecule has 0 aliphatic heterocycles. The fraction of sp³-hybridized carbons (Fsp3) is 0.0833. The van der Waals surface area contributed by atoms with Gasteiger partial charge in [-0.25, -0.2) is 4.39 Å². The first-order chi connectivity index (χ1) is 9.19. The Hall–Kier alpha value is -2.21. The van der Waals surface area contributed by atoms with Crippen molar-refractivity contribution < 1.29 is 9.13 Å². The largest absolute Gasteiger partial charge is 0.494 e. The summed E-state index contributed by atoms with van der Waals surface area (Å²) in [5.74, 6) is 0.112. The molecule has 0 fully saturated rings. The maximum Gasteiger partial charge on any atom is 0.185 e. The molecule has 0 saturated carbocycles. The lowest BCUT2D eigenvalue weighted by molar-refractivity contribution is 0.386. The highest BCUT2D eigenvalue weighted by molar-refractivity contribution is 6.29. The standard InChI is InChI=1S/C12H8ClFN4O/c1-19-9-3-2-7(6-8(9)14)12-16-15-11-5-4-10(13)17-18(11)12/h2-6H,1H3. The molecule has 19 heavy (non-hydrogen) atoms. The average molecular weight is 279 g/mol. The topological polar surface area (TPSA) is 52.3 Å². The molecule has 0 amide bonds. The van der Waals surface area contributed by atoms with Gasteiger partial charge >= 0.3 is 0 Å². The maximum atomic E-state index is 13.7. The van der Waals surface area contributed by atoms with Gasteiger partial charge in [0.15, 0.2) is 23.0 Å². The van der Waals surface area contributed by atoms with Crippen LogP contribution in [0.25, 0.3) is 17.0 Å². The lowest BCUT2D eigenvalue weighted by Crippen LogP contribution is -1.96.